The van der Waals surface area contributed by atoms with Gasteiger partial charge in [0, 0.05) is 23.6 Å². The van der Waals surface area contributed by atoms with Crippen molar-refractivity contribution in [2.75, 3.05) is 6.61 Å². The van der Waals surface area contributed by atoms with Crippen molar-refractivity contribution in [1.82, 2.24) is 4.57 Å². The summed E-state index contributed by atoms with van der Waals surface area (Å²) in [4.78, 5) is 12.4. The minimum atomic E-state index is -0.0340. The van der Waals surface area contributed by atoms with E-state index >= 15 is 0 Å². The lowest BCUT2D eigenvalue weighted by Crippen LogP contribution is -2.16. The summed E-state index contributed by atoms with van der Waals surface area (Å²) < 4.78 is 7.98. The maximum absolute atomic E-state index is 12.4. The summed E-state index contributed by atoms with van der Waals surface area (Å²) in [6.07, 6.45) is 24.7. The molecule has 3 nitrogen and oxygen atoms in total. The van der Waals surface area contributed by atoms with Crippen LogP contribution in [0.5, 0.6) is 5.75 Å². The number of hydrogen-bond donors (Lipinski definition) is 0. The first-order valence-electron chi connectivity index (χ1n) is 13.9. The van der Waals surface area contributed by atoms with Crippen LogP contribution in [0.2, 0.25) is 0 Å². The third kappa shape index (κ3) is 13.2. The van der Waals surface area contributed by atoms with Gasteiger partial charge >= 0.3 is 0 Å². The standard InChI is InChI=1S/C31H46BrNO2/c1-2-3-4-5-6-7-8-9-10-11-12-13-14-15-16-20-23-35-31-27-33(29(25-32)24-30(31)34)26-28-21-18-17-19-22-28/h9-10,17-19,21-22,24,27H,2-8,11-16,20,23,25-26H2,1H3/b10-9-. The smallest absolute Gasteiger partial charge is 0.223 e. The van der Waals surface area contributed by atoms with Gasteiger partial charge in [0.05, 0.1) is 12.8 Å². The van der Waals surface area contributed by atoms with E-state index < -0.39 is 0 Å². The normalized spacial score (nSPS) is 11.4. The van der Waals surface area contributed by atoms with Gasteiger partial charge in [0.15, 0.2) is 5.75 Å². The largest absolute Gasteiger partial charge is 0.488 e. The molecule has 0 radical (unpaired) electrons. The van der Waals surface area contributed by atoms with E-state index in [0.29, 0.717) is 17.7 Å². The third-order valence-electron chi connectivity index (χ3n) is 6.43. The summed E-state index contributed by atoms with van der Waals surface area (Å²) in [5, 5.41) is 0.643. The molecular formula is C31H46BrNO2. The fourth-order valence-corrected chi connectivity index (χ4v) is 4.76. The van der Waals surface area contributed by atoms with Crippen LogP contribution in [-0.2, 0) is 11.9 Å². The van der Waals surface area contributed by atoms with Gasteiger partial charge in [-0.3, -0.25) is 4.79 Å². The lowest BCUT2D eigenvalue weighted by Gasteiger charge is -2.14. The number of aromatic nitrogens is 1. The zero-order valence-corrected chi connectivity index (χ0v) is 23.4. The highest BCUT2D eigenvalue weighted by atomic mass is 79.9. The van der Waals surface area contributed by atoms with E-state index in [1.54, 1.807) is 6.07 Å². The van der Waals surface area contributed by atoms with Gasteiger partial charge in [-0.1, -0.05) is 123 Å². The van der Waals surface area contributed by atoms with Crippen LogP contribution in [0.15, 0.2) is 59.5 Å². The van der Waals surface area contributed by atoms with Crippen LogP contribution >= 0.6 is 15.9 Å². The molecule has 194 valence electrons. The second kappa shape index (κ2) is 19.4. The molecule has 0 saturated carbocycles. The van der Waals surface area contributed by atoms with E-state index in [1.807, 2.05) is 24.4 Å². The molecule has 0 saturated heterocycles. The van der Waals surface area contributed by atoms with Crippen LogP contribution in [-0.4, -0.2) is 11.2 Å². The molecular weight excluding hydrogens is 498 g/mol. The summed E-state index contributed by atoms with van der Waals surface area (Å²) in [5.74, 6) is 0.457. The van der Waals surface area contributed by atoms with Gasteiger partial charge in [0.1, 0.15) is 0 Å². The van der Waals surface area contributed by atoms with Crippen LogP contribution in [0.4, 0.5) is 0 Å². The molecule has 0 spiro atoms. The summed E-state index contributed by atoms with van der Waals surface area (Å²) in [6.45, 7) is 3.61. The Labute approximate surface area is 222 Å². The van der Waals surface area contributed by atoms with Crippen molar-refractivity contribution in [3.63, 3.8) is 0 Å². The van der Waals surface area contributed by atoms with Crippen molar-refractivity contribution in [3.05, 3.63) is 76.2 Å². The SMILES string of the molecule is CCCCCCCC/C=C\CCCCCCCCOc1cn(Cc2ccccc2)c(CBr)cc1=O. The highest BCUT2D eigenvalue weighted by molar-refractivity contribution is 9.08. The minimum absolute atomic E-state index is 0.0340. The first kappa shape index (κ1) is 29.4. The highest BCUT2D eigenvalue weighted by Crippen LogP contribution is 2.14. The number of ether oxygens (including phenoxy) is 1. The Morgan fingerprint density at radius 3 is 2.06 bits per heavy atom. The zero-order chi connectivity index (χ0) is 25.0. The molecule has 0 fully saturated rings. The van der Waals surface area contributed by atoms with E-state index in [2.05, 4.69) is 51.7 Å². The first-order valence-corrected chi connectivity index (χ1v) is 15.0. The number of pyridine rings is 1. The average molecular weight is 545 g/mol. The molecule has 0 aliphatic carbocycles. The molecule has 0 aliphatic rings. The van der Waals surface area contributed by atoms with E-state index in [9.17, 15) is 4.79 Å². The average Bonchev–Trinajstić information content (AvgIpc) is 2.88. The van der Waals surface area contributed by atoms with Crippen LogP contribution < -0.4 is 10.2 Å². The number of benzene rings is 1. The van der Waals surface area contributed by atoms with E-state index in [4.69, 9.17) is 4.74 Å². The number of unbranched alkanes of at least 4 members (excludes halogenated alkanes) is 12. The maximum atomic E-state index is 12.4. The molecule has 35 heavy (non-hydrogen) atoms. The summed E-state index contributed by atoms with van der Waals surface area (Å²) in [7, 11) is 0. The number of alkyl halides is 1. The fourth-order valence-electron chi connectivity index (χ4n) is 4.28. The van der Waals surface area contributed by atoms with Crippen LogP contribution in [0.3, 0.4) is 0 Å². The van der Waals surface area contributed by atoms with E-state index in [0.717, 1.165) is 25.1 Å². The van der Waals surface area contributed by atoms with E-state index in [1.165, 1.54) is 82.6 Å². The quantitative estimate of drug-likeness (QED) is 0.0945. The third-order valence-corrected chi connectivity index (χ3v) is 7.00. The van der Waals surface area contributed by atoms with Crippen molar-refractivity contribution in [1.29, 1.82) is 0 Å². The van der Waals surface area contributed by atoms with Gasteiger partial charge in [-0.15, -0.1) is 0 Å². The van der Waals surface area contributed by atoms with E-state index in [-0.39, 0.29) is 5.43 Å². The van der Waals surface area contributed by atoms with Crippen LogP contribution in [0.1, 0.15) is 108 Å². The topological polar surface area (TPSA) is 31.2 Å². The summed E-state index contributed by atoms with van der Waals surface area (Å²) >= 11 is 3.50. The predicted octanol–water partition coefficient (Wildman–Crippen LogP) is 9.21. The first-order chi connectivity index (χ1) is 17.2. The van der Waals surface area contributed by atoms with Crippen LogP contribution in [0.25, 0.3) is 0 Å². The lowest BCUT2D eigenvalue weighted by atomic mass is 10.1. The Hall–Kier alpha value is -1.81. The minimum Gasteiger partial charge on any atom is -0.488 e. The van der Waals surface area contributed by atoms with Gasteiger partial charge in [0.25, 0.3) is 0 Å². The van der Waals surface area contributed by atoms with Crippen molar-refractivity contribution in [3.8, 4) is 5.75 Å². The van der Waals surface area contributed by atoms with Crippen molar-refractivity contribution < 1.29 is 4.74 Å². The van der Waals surface area contributed by atoms with Gasteiger partial charge in [-0.2, -0.15) is 0 Å². The molecule has 2 aromatic rings. The molecule has 0 unspecified atom stereocenters. The molecule has 1 aromatic heterocycles. The van der Waals surface area contributed by atoms with Gasteiger partial charge in [0.2, 0.25) is 5.43 Å². The molecule has 1 heterocycles. The Bertz CT molecular complexity index is 875. The zero-order valence-electron chi connectivity index (χ0n) is 21.9. The second-order valence-corrected chi connectivity index (χ2v) is 10.1. The highest BCUT2D eigenvalue weighted by Gasteiger charge is 2.08. The number of halogens is 1. The number of allylic oxidation sites excluding steroid dienone is 2. The monoisotopic (exact) mass is 543 g/mol. The van der Waals surface area contributed by atoms with Gasteiger partial charge < -0.3 is 9.30 Å². The number of hydrogen-bond acceptors (Lipinski definition) is 2. The lowest BCUT2D eigenvalue weighted by molar-refractivity contribution is 0.299. The Balaban J connectivity index is 1.54. The van der Waals surface area contributed by atoms with Gasteiger partial charge in [-0.05, 0) is 37.7 Å². The molecule has 0 amide bonds. The summed E-state index contributed by atoms with van der Waals surface area (Å²) in [5.41, 5.74) is 2.13. The van der Waals surface area contributed by atoms with Crippen molar-refractivity contribution >= 4 is 15.9 Å². The Kier molecular flexibility index (Phi) is 16.3. The Morgan fingerprint density at radius 2 is 1.43 bits per heavy atom. The summed E-state index contributed by atoms with van der Waals surface area (Å²) in [6, 6.07) is 12.0. The molecule has 0 N–H and O–H groups in total. The van der Waals surface area contributed by atoms with Crippen LogP contribution in [0, 0.1) is 0 Å². The van der Waals surface area contributed by atoms with Crippen molar-refractivity contribution in [2.45, 2.75) is 109 Å². The Morgan fingerprint density at radius 1 is 0.829 bits per heavy atom. The maximum Gasteiger partial charge on any atom is 0.223 e. The van der Waals surface area contributed by atoms with Gasteiger partial charge in [-0.25, -0.2) is 0 Å². The van der Waals surface area contributed by atoms with Crippen molar-refractivity contribution in [2.24, 2.45) is 0 Å². The predicted molar refractivity (Wildman–Crippen MR) is 154 cm³/mol. The number of nitrogens with zero attached hydrogens (tertiary/aromatic N) is 1. The second-order valence-electron chi connectivity index (χ2n) is 9.53. The molecule has 1 aromatic carbocycles. The molecule has 0 atom stereocenters. The number of rotatable bonds is 20. The molecule has 4 heteroatoms. The molecule has 0 bridgehead atoms. The molecule has 0 aliphatic heterocycles. The fraction of sp³-hybridized carbons (Fsp3) is 0.581. The molecule has 2 rings (SSSR count).